The second-order valence-electron chi connectivity index (χ2n) is 4.78. The topological polar surface area (TPSA) is 75.6 Å². The Balaban J connectivity index is 2.00. The molecule has 5 nitrogen and oxygen atoms in total. The molecule has 1 atom stereocenters. The minimum absolute atomic E-state index is 0.150. The molecule has 0 bridgehead atoms. The molecule has 23 heavy (non-hydrogen) atoms. The highest BCUT2D eigenvalue weighted by Crippen LogP contribution is 2.22. The van der Waals surface area contributed by atoms with Gasteiger partial charge in [-0.25, -0.2) is 0 Å². The molecule has 0 aliphatic rings. The molecule has 0 saturated carbocycles. The molecule has 0 spiro atoms. The van der Waals surface area contributed by atoms with Crippen LogP contribution in [-0.4, -0.2) is 24.1 Å². The van der Waals surface area contributed by atoms with E-state index in [1.165, 1.54) is 17.4 Å². The van der Waals surface area contributed by atoms with E-state index in [1.54, 1.807) is 25.3 Å². The van der Waals surface area contributed by atoms with Crippen LogP contribution in [0.25, 0.3) is 6.08 Å². The molecule has 0 aliphatic carbocycles. The smallest absolute Gasteiger partial charge is 0.305 e. The molecule has 0 saturated heterocycles. The summed E-state index contributed by atoms with van der Waals surface area (Å²) in [5.74, 6) is -0.547. The minimum atomic E-state index is -0.956. The van der Waals surface area contributed by atoms with Crippen molar-refractivity contribution in [3.8, 4) is 5.75 Å². The largest absolute Gasteiger partial charge is 0.497 e. The summed E-state index contributed by atoms with van der Waals surface area (Å²) in [6.07, 6.45) is 2.91. The van der Waals surface area contributed by atoms with Crippen molar-refractivity contribution in [1.82, 2.24) is 5.32 Å². The molecule has 0 fully saturated rings. The number of nitrogens with one attached hydrogen (secondary N) is 1. The van der Waals surface area contributed by atoms with E-state index in [9.17, 15) is 9.59 Å². The third-order valence-electron chi connectivity index (χ3n) is 3.12. The zero-order valence-electron chi connectivity index (χ0n) is 12.6. The van der Waals surface area contributed by atoms with Crippen LogP contribution in [0.2, 0.25) is 0 Å². The van der Waals surface area contributed by atoms with E-state index in [2.05, 4.69) is 5.32 Å². The summed E-state index contributed by atoms with van der Waals surface area (Å²) in [6.45, 7) is 0. The van der Waals surface area contributed by atoms with Crippen LogP contribution in [0.4, 0.5) is 0 Å². The third-order valence-corrected chi connectivity index (χ3v) is 4.11. The standard InChI is InChI=1S/C17H17NO4S/c1-22-13-7-4-12(5-8-13)6-9-16(19)18-14(11-17(20)21)15-3-2-10-23-15/h2-10,14H,11H2,1H3,(H,18,19)(H,20,21)/b9-6-/t14-/m1/s1. The van der Waals surface area contributed by atoms with Crippen molar-refractivity contribution in [3.63, 3.8) is 0 Å². The number of methoxy groups -OCH3 is 1. The Hall–Kier alpha value is -2.60. The van der Waals surface area contributed by atoms with Gasteiger partial charge in [0.25, 0.3) is 0 Å². The molecule has 0 radical (unpaired) electrons. The van der Waals surface area contributed by atoms with Crippen molar-refractivity contribution >= 4 is 29.3 Å². The number of hydrogen-bond donors (Lipinski definition) is 2. The molecule has 6 heteroatoms. The van der Waals surface area contributed by atoms with Gasteiger partial charge in [0, 0.05) is 11.0 Å². The first-order valence-corrected chi connectivity index (χ1v) is 7.84. The molecule has 2 rings (SSSR count). The number of thiophene rings is 1. The van der Waals surface area contributed by atoms with E-state index >= 15 is 0 Å². The van der Waals surface area contributed by atoms with Gasteiger partial charge in [0.1, 0.15) is 5.75 Å². The van der Waals surface area contributed by atoms with Crippen LogP contribution in [0.3, 0.4) is 0 Å². The predicted molar refractivity (Wildman–Crippen MR) is 89.5 cm³/mol. The highest BCUT2D eigenvalue weighted by molar-refractivity contribution is 7.10. The predicted octanol–water partition coefficient (Wildman–Crippen LogP) is 3.10. The van der Waals surface area contributed by atoms with Crippen LogP contribution in [-0.2, 0) is 9.59 Å². The second kappa shape index (κ2) is 8.14. The number of rotatable bonds is 7. The molecule has 1 aromatic carbocycles. The van der Waals surface area contributed by atoms with E-state index in [-0.39, 0.29) is 12.3 Å². The zero-order chi connectivity index (χ0) is 16.7. The molecule has 2 N–H and O–H groups in total. The molecule has 1 aromatic heterocycles. The Morgan fingerprint density at radius 2 is 2.04 bits per heavy atom. The highest BCUT2D eigenvalue weighted by atomic mass is 32.1. The Morgan fingerprint density at radius 3 is 2.61 bits per heavy atom. The Labute approximate surface area is 138 Å². The van der Waals surface area contributed by atoms with E-state index < -0.39 is 12.0 Å². The van der Waals surface area contributed by atoms with Gasteiger partial charge in [0.15, 0.2) is 0 Å². The Kier molecular flexibility index (Phi) is 5.94. The molecular formula is C17H17NO4S. The number of carboxylic acid groups (broad SMARTS) is 1. The van der Waals surface area contributed by atoms with Crippen molar-refractivity contribution < 1.29 is 19.4 Å². The Bertz CT molecular complexity index is 677. The van der Waals surface area contributed by atoms with Gasteiger partial charge in [-0.2, -0.15) is 0 Å². The van der Waals surface area contributed by atoms with Crippen molar-refractivity contribution in [2.45, 2.75) is 12.5 Å². The van der Waals surface area contributed by atoms with Gasteiger partial charge < -0.3 is 15.2 Å². The van der Waals surface area contributed by atoms with Crippen LogP contribution in [0.5, 0.6) is 5.75 Å². The highest BCUT2D eigenvalue weighted by Gasteiger charge is 2.17. The van der Waals surface area contributed by atoms with Crippen LogP contribution < -0.4 is 10.1 Å². The summed E-state index contributed by atoms with van der Waals surface area (Å²) < 4.78 is 5.07. The number of aliphatic carboxylic acids is 1. The maximum absolute atomic E-state index is 12.0. The van der Waals surface area contributed by atoms with Crippen LogP contribution >= 0.6 is 11.3 Å². The van der Waals surface area contributed by atoms with Crippen LogP contribution in [0.15, 0.2) is 47.9 Å². The summed E-state index contributed by atoms with van der Waals surface area (Å²) in [7, 11) is 1.59. The molecule has 0 aliphatic heterocycles. The Morgan fingerprint density at radius 1 is 1.30 bits per heavy atom. The number of hydrogen-bond acceptors (Lipinski definition) is 4. The summed E-state index contributed by atoms with van der Waals surface area (Å²) >= 11 is 1.42. The molecule has 2 aromatic rings. The fraction of sp³-hybridized carbons (Fsp3) is 0.176. The molecular weight excluding hydrogens is 314 g/mol. The van der Waals surface area contributed by atoms with Gasteiger partial charge in [0.2, 0.25) is 5.91 Å². The van der Waals surface area contributed by atoms with E-state index in [0.717, 1.165) is 16.2 Å². The maximum Gasteiger partial charge on any atom is 0.305 e. The van der Waals surface area contributed by atoms with E-state index in [1.807, 2.05) is 29.6 Å². The van der Waals surface area contributed by atoms with Gasteiger partial charge >= 0.3 is 5.97 Å². The number of carbonyl (C=O) groups is 2. The summed E-state index contributed by atoms with van der Waals surface area (Å²) in [5, 5.41) is 13.5. The van der Waals surface area contributed by atoms with Gasteiger partial charge in [-0.05, 0) is 35.2 Å². The summed E-state index contributed by atoms with van der Waals surface area (Å²) in [4.78, 5) is 23.8. The number of carbonyl (C=O) groups excluding carboxylic acids is 1. The van der Waals surface area contributed by atoms with Crippen molar-refractivity contribution in [2.75, 3.05) is 7.11 Å². The van der Waals surface area contributed by atoms with Crippen molar-refractivity contribution in [3.05, 3.63) is 58.3 Å². The lowest BCUT2D eigenvalue weighted by Crippen LogP contribution is -2.28. The van der Waals surface area contributed by atoms with Gasteiger partial charge in [0.05, 0.1) is 19.6 Å². The lowest BCUT2D eigenvalue weighted by Gasteiger charge is -2.14. The van der Waals surface area contributed by atoms with Crippen molar-refractivity contribution in [1.29, 1.82) is 0 Å². The average Bonchev–Trinajstić information content (AvgIpc) is 3.07. The van der Waals surface area contributed by atoms with Crippen molar-refractivity contribution in [2.24, 2.45) is 0 Å². The average molecular weight is 331 g/mol. The zero-order valence-corrected chi connectivity index (χ0v) is 13.4. The number of ether oxygens (including phenoxy) is 1. The first-order chi connectivity index (χ1) is 11.1. The quantitative estimate of drug-likeness (QED) is 0.765. The van der Waals surface area contributed by atoms with Gasteiger partial charge in [-0.15, -0.1) is 11.3 Å². The number of carboxylic acids is 1. The fourth-order valence-electron chi connectivity index (χ4n) is 1.99. The van der Waals surface area contributed by atoms with E-state index in [4.69, 9.17) is 9.84 Å². The molecule has 1 heterocycles. The second-order valence-corrected chi connectivity index (χ2v) is 5.76. The number of benzene rings is 1. The molecule has 1 amide bonds. The van der Waals surface area contributed by atoms with E-state index in [0.29, 0.717) is 0 Å². The first-order valence-electron chi connectivity index (χ1n) is 6.96. The first kappa shape index (κ1) is 16.8. The van der Waals surface area contributed by atoms with Crippen LogP contribution in [0, 0.1) is 0 Å². The molecule has 0 unspecified atom stereocenters. The minimum Gasteiger partial charge on any atom is -0.497 e. The maximum atomic E-state index is 12.0. The van der Waals surface area contributed by atoms with Gasteiger partial charge in [-0.1, -0.05) is 18.2 Å². The molecule has 120 valence electrons. The van der Waals surface area contributed by atoms with Crippen LogP contribution in [0.1, 0.15) is 22.9 Å². The normalized spacial score (nSPS) is 12.0. The summed E-state index contributed by atoms with van der Waals surface area (Å²) in [6, 6.07) is 10.4. The third kappa shape index (κ3) is 5.27. The lowest BCUT2D eigenvalue weighted by molar-refractivity contribution is -0.137. The van der Waals surface area contributed by atoms with Gasteiger partial charge in [-0.3, -0.25) is 9.59 Å². The SMILES string of the molecule is COc1ccc(/C=C\C(=O)N[C@H](CC(=O)O)c2cccs2)cc1. The monoisotopic (exact) mass is 331 g/mol. The lowest BCUT2D eigenvalue weighted by atomic mass is 10.1. The fourth-order valence-corrected chi connectivity index (χ4v) is 2.77. The summed E-state index contributed by atoms with van der Waals surface area (Å²) in [5.41, 5.74) is 0.854. The number of amides is 1.